The molecule has 2 rings (SSSR count). The van der Waals surface area contributed by atoms with Crippen LogP contribution in [0.2, 0.25) is 5.02 Å². The summed E-state index contributed by atoms with van der Waals surface area (Å²) in [7, 11) is 0. The van der Waals surface area contributed by atoms with Crippen LogP contribution in [0.25, 0.3) is 0 Å². The van der Waals surface area contributed by atoms with E-state index in [1.54, 1.807) is 31.2 Å². The second kappa shape index (κ2) is 5.72. The number of hydrogen-bond donors (Lipinski definition) is 1. The first-order valence-corrected chi connectivity index (χ1v) is 6.67. The molecule has 0 aliphatic heterocycles. The van der Waals surface area contributed by atoms with Crippen LogP contribution in [0.15, 0.2) is 40.9 Å². The molecule has 0 fully saturated rings. The van der Waals surface area contributed by atoms with E-state index in [1.165, 1.54) is 12.1 Å². The number of amides is 1. The quantitative estimate of drug-likeness (QED) is 0.834. The van der Waals surface area contributed by atoms with Crippen molar-refractivity contribution >= 4 is 39.1 Å². The second-order valence-corrected chi connectivity index (χ2v) is 5.31. The smallest absolute Gasteiger partial charge is 0.258 e. The zero-order valence-corrected chi connectivity index (χ0v) is 12.3. The number of halogens is 3. The predicted octanol–water partition coefficient (Wildman–Crippen LogP) is 4.80. The van der Waals surface area contributed by atoms with Gasteiger partial charge in [-0.05, 0) is 42.8 Å². The molecule has 0 aliphatic rings. The van der Waals surface area contributed by atoms with Crippen molar-refractivity contribution in [2.24, 2.45) is 0 Å². The van der Waals surface area contributed by atoms with Gasteiger partial charge in [0.2, 0.25) is 0 Å². The van der Waals surface area contributed by atoms with Crippen molar-refractivity contribution < 1.29 is 9.18 Å². The fraction of sp³-hybridized carbons (Fsp3) is 0.0714. The van der Waals surface area contributed by atoms with Crippen LogP contribution in [0.5, 0.6) is 0 Å². The summed E-state index contributed by atoms with van der Waals surface area (Å²) in [4.78, 5) is 12.0. The van der Waals surface area contributed by atoms with Gasteiger partial charge in [-0.25, -0.2) is 4.39 Å². The number of rotatable bonds is 2. The Morgan fingerprint density at radius 3 is 2.74 bits per heavy atom. The standard InChI is InChI=1S/C14H10BrClFNO/c1-8-11(16)3-2-4-13(8)18-14(19)10-6-5-9(15)7-12(10)17/h2-7H,1H3,(H,18,19). The summed E-state index contributed by atoms with van der Waals surface area (Å²) in [6.45, 7) is 1.79. The highest BCUT2D eigenvalue weighted by atomic mass is 79.9. The van der Waals surface area contributed by atoms with Crippen molar-refractivity contribution in [3.63, 3.8) is 0 Å². The van der Waals surface area contributed by atoms with Crippen molar-refractivity contribution in [3.8, 4) is 0 Å². The number of nitrogens with one attached hydrogen (secondary N) is 1. The Labute approximate surface area is 123 Å². The average molecular weight is 343 g/mol. The van der Waals surface area contributed by atoms with Crippen LogP contribution >= 0.6 is 27.5 Å². The van der Waals surface area contributed by atoms with Crippen molar-refractivity contribution in [1.29, 1.82) is 0 Å². The van der Waals surface area contributed by atoms with Gasteiger partial charge in [-0.2, -0.15) is 0 Å². The Hall–Kier alpha value is -1.39. The van der Waals surface area contributed by atoms with Gasteiger partial charge in [0.15, 0.2) is 0 Å². The first-order chi connectivity index (χ1) is 8.99. The maximum atomic E-state index is 13.7. The summed E-state index contributed by atoms with van der Waals surface area (Å²) in [5.41, 5.74) is 1.30. The lowest BCUT2D eigenvalue weighted by atomic mass is 10.1. The van der Waals surface area contributed by atoms with E-state index < -0.39 is 11.7 Å². The van der Waals surface area contributed by atoms with Crippen molar-refractivity contribution in [3.05, 3.63) is 62.8 Å². The second-order valence-electron chi connectivity index (χ2n) is 3.99. The minimum absolute atomic E-state index is 0.0115. The molecule has 0 bridgehead atoms. The minimum atomic E-state index is -0.577. The molecule has 2 nitrogen and oxygen atoms in total. The summed E-state index contributed by atoms with van der Waals surface area (Å²) in [5.74, 6) is -1.08. The molecule has 0 aromatic heterocycles. The fourth-order valence-corrected chi connectivity index (χ4v) is 2.11. The van der Waals surface area contributed by atoms with Crippen molar-refractivity contribution in [1.82, 2.24) is 0 Å². The maximum Gasteiger partial charge on any atom is 0.258 e. The summed E-state index contributed by atoms with van der Waals surface area (Å²) in [5, 5.41) is 3.20. The van der Waals surface area contributed by atoms with E-state index in [1.807, 2.05) is 0 Å². The monoisotopic (exact) mass is 341 g/mol. The molecule has 5 heteroatoms. The minimum Gasteiger partial charge on any atom is -0.322 e. The molecule has 1 N–H and O–H groups in total. The predicted molar refractivity (Wildman–Crippen MR) is 78.2 cm³/mol. The zero-order chi connectivity index (χ0) is 14.0. The summed E-state index contributed by atoms with van der Waals surface area (Å²) in [6, 6.07) is 9.46. The third kappa shape index (κ3) is 3.14. The molecule has 0 radical (unpaired) electrons. The van der Waals surface area contributed by atoms with E-state index in [9.17, 15) is 9.18 Å². The maximum absolute atomic E-state index is 13.7. The molecular formula is C14H10BrClFNO. The highest BCUT2D eigenvalue weighted by molar-refractivity contribution is 9.10. The van der Waals surface area contributed by atoms with E-state index in [-0.39, 0.29) is 5.56 Å². The first kappa shape index (κ1) is 14.0. The van der Waals surface area contributed by atoms with Crippen LogP contribution in [0.4, 0.5) is 10.1 Å². The Bertz CT molecular complexity index is 645. The molecule has 0 unspecified atom stereocenters. The van der Waals surface area contributed by atoms with Gasteiger partial charge < -0.3 is 5.32 Å². The molecule has 2 aromatic carbocycles. The topological polar surface area (TPSA) is 29.1 Å². The lowest BCUT2D eigenvalue weighted by molar-refractivity contribution is 0.102. The molecule has 0 atom stereocenters. The highest BCUT2D eigenvalue weighted by Gasteiger charge is 2.13. The third-order valence-corrected chi connectivity index (χ3v) is 3.59. The molecule has 0 aliphatic carbocycles. The van der Waals surface area contributed by atoms with E-state index in [2.05, 4.69) is 21.2 Å². The van der Waals surface area contributed by atoms with Crippen LogP contribution in [0.3, 0.4) is 0 Å². The Morgan fingerprint density at radius 1 is 1.32 bits per heavy atom. The van der Waals surface area contributed by atoms with Gasteiger partial charge in [-0.3, -0.25) is 4.79 Å². The van der Waals surface area contributed by atoms with Crippen LogP contribution in [-0.4, -0.2) is 5.91 Å². The van der Waals surface area contributed by atoms with Crippen molar-refractivity contribution in [2.45, 2.75) is 6.92 Å². The summed E-state index contributed by atoms with van der Waals surface area (Å²) in [6.07, 6.45) is 0. The van der Waals surface area contributed by atoms with E-state index in [0.29, 0.717) is 15.2 Å². The van der Waals surface area contributed by atoms with Gasteiger partial charge in [0, 0.05) is 15.2 Å². The molecule has 0 heterocycles. The van der Waals surface area contributed by atoms with Crippen LogP contribution in [0, 0.1) is 12.7 Å². The average Bonchev–Trinajstić information content (AvgIpc) is 2.34. The SMILES string of the molecule is Cc1c(Cl)cccc1NC(=O)c1ccc(Br)cc1F. The normalized spacial score (nSPS) is 10.3. The number of carbonyl (C=O) groups is 1. The lowest BCUT2D eigenvalue weighted by Gasteiger charge is -2.10. The van der Waals surface area contributed by atoms with Gasteiger partial charge in [-0.15, -0.1) is 0 Å². The van der Waals surface area contributed by atoms with Crippen LogP contribution in [-0.2, 0) is 0 Å². The number of anilines is 1. The summed E-state index contributed by atoms with van der Waals surface area (Å²) >= 11 is 9.11. The zero-order valence-electron chi connectivity index (χ0n) is 10.0. The van der Waals surface area contributed by atoms with Crippen LogP contribution < -0.4 is 5.32 Å². The Morgan fingerprint density at radius 2 is 2.05 bits per heavy atom. The number of hydrogen-bond acceptors (Lipinski definition) is 1. The van der Waals surface area contributed by atoms with Gasteiger partial charge >= 0.3 is 0 Å². The fourth-order valence-electron chi connectivity index (χ4n) is 1.61. The van der Waals surface area contributed by atoms with Crippen molar-refractivity contribution in [2.75, 3.05) is 5.32 Å². The number of carbonyl (C=O) groups excluding carboxylic acids is 1. The van der Waals surface area contributed by atoms with E-state index in [0.717, 1.165) is 5.56 Å². The van der Waals surface area contributed by atoms with Gasteiger partial charge in [-0.1, -0.05) is 33.6 Å². The Kier molecular flexibility index (Phi) is 4.22. The number of benzene rings is 2. The Balaban J connectivity index is 2.28. The van der Waals surface area contributed by atoms with Gasteiger partial charge in [0.05, 0.1) is 5.56 Å². The van der Waals surface area contributed by atoms with Gasteiger partial charge in [0.1, 0.15) is 5.82 Å². The largest absolute Gasteiger partial charge is 0.322 e. The molecule has 0 spiro atoms. The van der Waals surface area contributed by atoms with Crippen LogP contribution in [0.1, 0.15) is 15.9 Å². The highest BCUT2D eigenvalue weighted by Crippen LogP contribution is 2.24. The molecular weight excluding hydrogens is 333 g/mol. The molecule has 0 saturated carbocycles. The third-order valence-electron chi connectivity index (χ3n) is 2.69. The lowest BCUT2D eigenvalue weighted by Crippen LogP contribution is -2.14. The molecule has 0 saturated heterocycles. The molecule has 2 aromatic rings. The molecule has 98 valence electrons. The van der Waals surface area contributed by atoms with Gasteiger partial charge in [0.25, 0.3) is 5.91 Å². The summed E-state index contributed by atoms with van der Waals surface area (Å²) < 4.78 is 14.3. The first-order valence-electron chi connectivity index (χ1n) is 5.50. The van der Waals surface area contributed by atoms with E-state index in [4.69, 9.17) is 11.6 Å². The molecule has 19 heavy (non-hydrogen) atoms. The van der Waals surface area contributed by atoms with E-state index >= 15 is 0 Å². The molecule has 1 amide bonds.